The smallest absolute Gasteiger partial charge is 0.325 e. The molecular formula is C19H23N5O3. The van der Waals surface area contributed by atoms with Crippen LogP contribution in [0.3, 0.4) is 0 Å². The average Bonchev–Trinajstić information content (AvgIpc) is 3.21. The van der Waals surface area contributed by atoms with Crippen LogP contribution in [0, 0.1) is 0 Å². The molecule has 0 radical (unpaired) electrons. The molecule has 3 rings (SSSR count). The number of amides is 2. The fourth-order valence-electron chi connectivity index (χ4n) is 3.13. The number of anilines is 1. The first-order chi connectivity index (χ1) is 13.0. The maximum absolute atomic E-state index is 12.8. The number of benzene rings is 1. The molecule has 0 atom stereocenters. The quantitative estimate of drug-likeness (QED) is 0.649. The Balaban J connectivity index is 1.80. The number of aliphatic hydroxyl groups excluding tert-OH is 1. The zero-order chi connectivity index (χ0) is 19.6. The summed E-state index contributed by atoms with van der Waals surface area (Å²) in [5.74, 6) is 0.831. The van der Waals surface area contributed by atoms with Crippen LogP contribution in [0.4, 0.5) is 10.6 Å². The number of aliphatic hydroxyl groups is 1. The number of rotatable bonds is 6. The van der Waals surface area contributed by atoms with Crippen LogP contribution in [-0.4, -0.2) is 57.6 Å². The Morgan fingerprint density at radius 3 is 2.74 bits per heavy atom. The van der Waals surface area contributed by atoms with Crippen molar-refractivity contribution in [1.29, 1.82) is 0 Å². The molecule has 0 saturated heterocycles. The van der Waals surface area contributed by atoms with E-state index in [0.29, 0.717) is 30.8 Å². The molecule has 1 aromatic carbocycles. The van der Waals surface area contributed by atoms with Crippen molar-refractivity contribution in [3.05, 3.63) is 47.5 Å². The van der Waals surface area contributed by atoms with Crippen LogP contribution in [0.15, 0.2) is 30.3 Å². The van der Waals surface area contributed by atoms with Crippen LogP contribution >= 0.6 is 0 Å². The number of imidazole rings is 1. The van der Waals surface area contributed by atoms with Gasteiger partial charge in [0.05, 0.1) is 13.2 Å². The lowest BCUT2D eigenvalue weighted by Gasteiger charge is -2.23. The zero-order valence-electron chi connectivity index (χ0n) is 15.6. The molecule has 2 N–H and O–H groups in total. The second-order valence-electron chi connectivity index (χ2n) is 6.47. The Morgan fingerprint density at radius 1 is 1.33 bits per heavy atom. The number of carbonyl (C=O) groups is 2. The molecule has 0 spiro atoms. The normalized spacial score (nSPS) is 11.0. The van der Waals surface area contributed by atoms with E-state index in [-0.39, 0.29) is 18.5 Å². The first kappa shape index (κ1) is 18.7. The molecule has 2 amide bonds. The molecule has 0 saturated carbocycles. The standard InChI is InChI=1S/C19H23N5O3/c1-22(11-14-10-13-6-4-5-7-15(13)20-14)19(27)24(3)18-16(12-26)23(2)17(21-18)8-9-25/h4-7,10,12,20,25H,8-9,11H2,1-3H3. The first-order valence-corrected chi connectivity index (χ1v) is 8.63. The van der Waals surface area contributed by atoms with E-state index in [1.807, 2.05) is 30.3 Å². The van der Waals surface area contributed by atoms with Gasteiger partial charge in [-0.2, -0.15) is 0 Å². The van der Waals surface area contributed by atoms with Crippen molar-refractivity contribution >= 4 is 29.0 Å². The molecule has 0 aliphatic rings. The summed E-state index contributed by atoms with van der Waals surface area (Å²) in [5, 5.41) is 10.2. The Hall–Kier alpha value is -3.13. The van der Waals surface area contributed by atoms with Crippen LogP contribution in [0.5, 0.6) is 0 Å². The highest BCUT2D eigenvalue weighted by atomic mass is 16.3. The van der Waals surface area contributed by atoms with Crippen LogP contribution < -0.4 is 4.90 Å². The summed E-state index contributed by atoms with van der Waals surface area (Å²) in [5.41, 5.74) is 2.23. The third kappa shape index (κ3) is 3.56. The van der Waals surface area contributed by atoms with Crippen molar-refractivity contribution in [3.63, 3.8) is 0 Å². The monoisotopic (exact) mass is 369 g/mol. The minimum atomic E-state index is -0.287. The molecule has 0 aliphatic heterocycles. The Morgan fingerprint density at radius 2 is 2.07 bits per heavy atom. The largest absolute Gasteiger partial charge is 0.396 e. The van der Waals surface area contributed by atoms with Gasteiger partial charge in [-0.25, -0.2) is 9.78 Å². The molecular weight excluding hydrogens is 346 g/mol. The Bertz CT molecular complexity index is 942. The first-order valence-electron chi connectivity index (χ1n) is 8.63. The fraction of sp³-hybridized carbons (Fsp3) is 0.316. The molecule has 142 valence electrons. The number of aromatic nitrogens is 3. The number of aldehydes is 1. The molecule has 0 bridgehead atoms. The van der Waals surface area contributed by atoms with Gasteiger partial charge in [0.2, 0.25) is 0 Å². The van der Waals surface area contributed by atoms with Crippen LogP contribution in [0.25, 0.3) is 10.9 Å². The van der Waals surface area contributed by atoms with E-state index in [0.717, 1.165) is 16.6 Å². The summed E-state index contributed by atoms with van der Waals surface area (Å²) in [6, 6.07) is 9.64. The molecule has 2 aromatic heterocycles. The molecule has 0 aliphatic carbocycles. The lowest BCUT2D eigenvalue weighted by molar-refractivity contribution is 0.111. The van der Waals surface area contributed by atoms with Crippen molar-refractivity contribution < 1.29 is 14.7 Å². The number of H-pyrrole nitrogens is 1. The summed E-state index contributed by atoms with van der Waals surface area (Å²) in [7, 11) is 4.97. The summed E-state index contributed by atoms with van der Waals surface area (Å²) in [6.45, 7) is 0.311. The van der Waals surface area contributed by atoms with Crippen molar-refractivity contribution in [1.82, 2.24) is 19.4 Å². The minimum Gasteiger partial charge on any atom is -0.396 e. The summed E-state index contributed by atoms with van der Waals surface area (Å²) in [6.07, 6.45) is 0.981. The van der Waals surface area contributed by atoms with Crippen LogP contribution in [0.2, 0.25) is 0 Å². The topological polar surface area (TPSA) is 94.5 Å². The van der Waals surface area contributed by atoms with Gasteiger partial charge in [0, 0.05) is 38.8 Å². The van der Waals surface area contributed by atoms with Gasteiger partial charge in [-0.15, -0.1) is 0 Å². The number of urea groups is 1. The molecule has 8 nitrogen and oxygen atoms in total. The third-order valence-electron chi connectivity index (χ3n) is 4.58. The Kier molecular flexibility index (Phi) is 5.27. The highest BCUT2D eigenvalue weighted by Crippen LogP contribution is 2.21. The molecule has 3 aromatic rings. The van der Waals surface area contributed by atoms with Crippen molar-refractivity contribution in [3.8, 4) is 0 Å². The van der Waals surface area contributed by atoms with Crippen molar-refractivity contribution in [2.75, 3.05) is 25.6 Å². The molecule has 8 heteroatoms. The molecule has 0 unspecified atom stereocenters. The highest BCUT2D eigenvalue weighted by Gasteiger charge is 2.24. The van der Waals surface area contributed by atoms with E-state index in [2.05, 4.69) is 9.97 Å². The van der Waals surface area contributed by atoms with Crippen LogP contribution in [-0.2, 0) is 20.0 Å². The van der Waals surface area contributed by atoms with Gasteiger partial charge < -0.3 is 19.6 Å². The van der Waals surface area contributed by atoms with Gasteiger partial charge in [0.15, 0.2) is 12.1 Å². The third-order valence-corrected chi connectivity index (χ3v) is 4.58. The lowest BCUT2D eigenvalue weighted by Crippen LogP contribution is -2.39. The predicted octanol–water partition coefficient (Wildman–Crippen LogP) is 1.94. The van der Waals surface area contributed by atoms with E-state index in [1.165, 1.54) is 4.90 Å². The predicted molar refractivity (Wildman–Crippen MR) is 103 cm³/mol. The lowest BCUT2D eigenvalue weighted by atomic mass is 10.2. The van der Waals surface area contributed by atoms with Gasteiger partial charge in [-0.05, 0) is 17.5 Å². The van der Waals surface area contributed by atoms with Gasteiger partial charge in [-0.1, -0.05) is 18.2 Å². The fourth-order valence-corrected chi connectivity index (χ4v) is 3.13. The van der Waals surface area contributed by atoms with Gasteiger partial charge >= 0.3 is 6.03 Å². The second-order valence-corrected chi connectivity index (χ2v) is 6.47. The SMILES string of the molecule is CN(Cc1cc2ccccc2[nH]1)C(=O)N(C)c1nc(CCO)n(C)c1C=O. The van der Waals surface area contributed by atoms with E-state index >= 15 is 0 Å². The summed E-state index contributed by atoms with van der Waals surface area (Å²) < 4.78 is 1.60. The maximum atomic E-state index is 12.8. The average molecular weight is 369 g/mol. The highest BCUT2D eigenvalue weighted by molar-refractivity contribution is 5.95. The van der Waals surface area contributed by atoms with Crippen molar-refractivity contribution in [2.45, 2.75) is 13.0 Å². The minimum absolute atomic E-state index is 0.0828. The molecule has 2 heterocycles. The van der Waals surface area contributed by atoms with Crippen molar-refractivity contribution in [2.24, 2.45) is 7.05 Å². The number of nitrogens with one attached hydrogen (secondary N) is 1. The number of nitrogens with zero attached hydrogens (tertiary/aromatic N) is 4. The number of hydrogen-bond donors (Lipinski definition) is 2. The molecule has 0 fully saturated rings. The summed E-state index contributed by atoms with van der Waals surface area (Å²) >= 11 is 0. The Labute approximate surface area is 157 Å². The number of carbonyl (C=O) groups excluding carboxylic acids is 2. The number of para-hydroxylation sites is 1. The van der Waals surface area contributed by atoms with Gasteiger partial charge in [-0.3, -0.25) is 9.69 Å². The van der Waals surface area contributed by atoms with Crippen LogP contribution in [0.1, 0.15) is 22.0 Å². The van der Waals surface area contributed by atoms with Gasteiger partial charge in [0.1, 0.15) is 11.5 Å². The van der Waals surface area contributed by atoms with E-state index in [4.69, 9.17) is 5.11 Å². The van der Waals surface area contributed by atoms with E-state index in [1.54, 1.807) is 30.6 Å². The number of fused-ring (bicyclic) bond motifs is 1. The number of hydrogen-bond acceptors (Lipinski definition) is 4. The maximum Gasteiger partial charge on any atom is 0.325 e. The zero-order valence-corrected chi connectivity index (χ0v) is 15.6. The van der Waals surface area contributed by atoms with E-state index < -0.39 is 0 Å². The molecule has 27 heavy (non-hydrogen) atoms. The number of aromatic amines is 1. The van der Waals surface area contributed by atoms with E-state index in [9.17, 15) is 9.59 Å². The van der Waals surface area contributed by atoms with Gasteiger partial charge in [0.25, 0.3) is 0 Å². The summed E-state index contributed by atoms with van der Waals surface area (Å²) in [4.78, 5) is 34.9. The second kappa shape index (κ2) is 7.63.